The molecular formula is C22H29N7O. The molecule has 8 nitrogen and oxygen atoms in total. The quantitative estimate of drug-likeness (QED) is 0.517. The van der Waals surface area contributed by atoms with Gasteiger partial charge in [0.1, 0.15) is 6.26 Å². The Morgan fingerprint density at radius 1 is 1.10 bits per heavy atom. The van der Waals surface area contributed by atoms with Crippen molar-refractivity contribution in [1.29, 1.82) is 0 Å². The number of aromatic nitrogens is 3. The van der Waals surface area contributed by atoms with E-state index in [1.54, 1.807) is 6.26 Å². The Morgan fingerprint density at radius 2 is 1.87 bits per heavy atom. The highest BCUT2D eigenvalue weighted by Gasteiger charge is 2.21. The number of piperazine rings is 1. The predicted molar refractivity (Wildman–Crippen MR) is 117 cm³/mol. The van der Waals surface area contributed by atoms with Gasteiger partial charge in [-0.3, -0.25) is 9.89 Å². The number of nitrogens with one attached hydrogen (secondary N) is 1. The average Bonchev–Trinajstić information content (AvgIpc) is 3.38. The Kier molecular flexibility index (Phi) is 6.13. The van der Waals surface area contributed by atoms with E-state index in [1.807, 2.05) is 36.0 Å². The van der Waals surface area contributed by atoms with Gasteiger partial charge in [-0.05, 0) is 26.0 Å². The molecule has 1 N–H and O–H groups in total. The summed E-state index contributed by atoms with van der Waals surface area (Å²) in [4.78, 5) is 9.21. The van der Waals surface area contributed by atoms with E-state index in [1.165, 1.54) is 5.56 Å². The second kappa shape index (κ2) is 9.13. The zero-order valence-corrected chi connectivity index (χ0v) is 17.9. The summed E-state index contributed by atoms with van der Waals surface area (Å²) in [6.45, 7) is 9.51. The van der Waals surface area contributed by atoms with E-state index in [2.05, 4.69) is 51.2 Å². The van der Waals surface area contributed by atoms with Crippen molar-refractivity contribution in [2.75, 3.05) is 33.2 Å². The fraction of sp³-hybridized carbons (Fsp3) is 0.409. The van der Waals surface area contributed by atoms with Gasteiger partial charge in [-0.25, -0.2) is 4.68 Å². The largest absolute Gasteiger partial charge is 0.364 e. The molecule has 0 bridgehead atoms. The summed E-state index contributed by atoms with van der Waals surface area (Å²) in [7, 11) is 1.84. The molecular weight excluding hydrogens is 378 g/mol. The van der Waals surface area contributed by atoms with Gasteiger partial charge in [0, 0.05) is 63.6 Å². The maximum atomic E-state index is 4.93. The van der Waals surface area contributed by atoms with Gasteiger partial charge in [-0.1, -0.05) is 23.4 Å². The van der Waals surface area contributed by atoms with Crippen LogP contribution in [-0.4, -0.2) is 63.9 Å². The minimum Gasteiger partial charge on any atom is -0.364 e. The summed E-state index contributed by atoms with van der Waals surface area (Å²) in [6.07, 6.45) is 1.63. The molecule has 8 heteroatoms. The SMILES string of the molecule is CN=C(NCc1c(C)nn(-c2ccccc2)c1C)N1CCN(Cc2ccon2)CC1. The first-order valence-corrected chi connectivity index (χ1v) is 10.3. The molecule has 158 valence electrons. The summed E-state index contributed by atoms with van der Waals surface area (Å²) in [5.41, 5.74) is 5.46. The fourth-order valence-electron chi connectivity index (χ4n) is 3.92. The van der Waals surface area contributed by atoms with Crippen molar-refractivity contribution in [2.24, 2.45) is 4.99 Å². The lowest BCUT2D eigenvalue weighted by atomic mass is 10.2. The third-order valence-corrected chi connectivity index (χ3v) is 5.63. The number of hydrogen-bond acceptors (Lipinski definition) is 5. The van der Waals surface area contributed by atoms with Crippen molar-refractivity contribution in [3.8, 4) is 5.69 Å². The number of para-hydroxylation sites is 1. The van der Waals surface area contributed by atoms with E-state index in [9.17, 15) is 0 Å². The number of hydrogen-bond donors (Lipinski definition) is 1. The van der Waals surface area contributed by atoms with Crippen LogP contribution in [0.15, 0.2) is 52.2 Å². The maximum absolute atomic E-state index is 4.93. The molecule has 0 amide bonds. The van der Waals surface area contributed by atoms with Gasteiger partial charge >= 0.3 is 0 Å². The van der Waals surface area contributed by atoms with E-state index in [0.717, 1.165) is 61.5 Å². The van der Waals surface area contributed by atoms with Crippen LogP contribution in [0.25, 0.3) is 5.69 Å². The first kappa shape index (κ1) is 20.2. The summed E-state index contributed by atoms with van der Waals surface area (Å²) in [6, 6.07) is 12.2. The van der Waals surface area contributed by atoms with E-state index in [-0.39, 0.29) is 0 Å². The van der Waals surface area contributed by atoms with Gasteiger partial charge in [0.2, 0.25) is 0 Å². The lowest BCUT2D eigenvalue weighted by Gasteiger charge is -2.36. The van der Waals surface area contributed by atoms with Gasteiger partial charge in [0.15, 0.2) is 5.96 Å². The highest BCUT2D eigenvalue weighted by Crippen LogP contribution is 2.18. The lowest BCUT2D eigenvalue weighted by Crippen LogP contribution is -2.52. The molecule has 3 heterocycles. The fourth-order valence-corrected chi connectivity index (χ4v) is 3.92. The number of guanidine groups is 1. The molecule has 0 spiro atoms. The van der Waals surface area contributed by atoms with Crippen molar-refractivity contribution in [3.63, 3.8) is 0 Å². The number of aliphatic imine (C=N–C) groups is 1. The number of nitrogens with zero attached hydrogens (tertiary/aromatic N) is 6. The molecule has 1 aliphatic rings. The molecule has 1 aromatic carbocycles. The minimum absolute atomic E-state index is 0.705. The Morgan fingerprint density at radius 3 is 2.53 bits per heavy atom. The molecule has 3 aromatic rings. The van der Waals surface area contributed by atoms with E-state index in [4.69, 9.17) is 9.62 Å². The molecule has 1 saturated heterocycles. The summed E-state index contributed by atoms with van der Waals surface area (Å²) in [5.74, 6) is 0.933. The Bertz CT molecular complexity index is 971. The lowest BCUT2D eigenvalue weighted by molar-refractivity contribution is 0.169. The zero-order valence-electron chi connectivity index (χ0n) is 17.9. The molecule has 0 saturated carbocycles. The van der Waals surface area contributed by atoms with Gasteiger partial charge in [-0.15, -0.1) is 0 Å². The van der Waals surface area contributed by atoms with E-state index < -0.39 is 0 Å². The van der Waals surface area contributed by atoms with Crippen LogP contribution in [-0.2, 0) is 13.1 Å². The van der Waals surface area contributed by atoms with E-state index >= 15 is 0 Å². The van der Waals surface area contributed by atoms with Gasteiger partial charge in [-0.2, -0.15) is 5.10 Å². The summed E-state index contributed by atoms with van der Waals surface area (Å²) in [5, 5.41) is 12.3. The predicted octanol–water partition coefficient (Wildman–Crippen LogP) is 2.37. The Labute approximate surface area is 177 Å². The molecule has 0 aliphatic carbocycles. The first-order chi connectivity index (χ1) is 14.7. The summed E-state index contributed by atoms with van der Waals surface area (Å²) >= 11 is 0. The highest BCUT2D eigenvalue weighted by molar-refractivity contribution is 5.80. The molecule has 1 aliphatic heterocycles. The van der Waals surface area contributed by atoms with E-state index in [0.29, 0.717) is 6.54 Å². The van der Waals surface area contributed by atoms with Crippen molar-refractivity contribution in [2.45, 2.75) is 26.9 Å². The van der Waals surface area contributed by atoms with Crippen LogP contribution in [0.1, 0.15) is 22.6 Å². The molecule has 1 fully saturated rings. The minimum atomic E-state index is 0.705. The standard InChI is InChI=1S/C22H29N7O/c1-17-21(18(2)29(25-17)20-7-5-4-6-8-20)15-24-22(23-3)28-12-10-27(11-13-28)16-19-9-14-30-26-19/h4-9,14H,10-13,15-16H2,1-3H3,(H,23,24). The monoisotopic (exact) mass is 407 g/mol. The van der Waals surface area contributed by atoms with Crippen molar-refractivity contribution in [3.05, 3.63) is 65.3 Å². The molecule has 0 radical (unpaired) electrons. The number of aryl methyl sites for hydroxylation is 1. The molecule has 0 atom stereocenters. The topological polar surface area (TPSA) is 74.7 Å². The second-order valence-corrected chi connectivity index (χ2v) is 7.55. The molecule has 4 rings (SSSR count). The molecule has 2 aromatic heterocycles. The Hall–Kier alpha value is -3.13. The first-order valence-electron chi connectivity index (χ1n) is 10.3. The number of rotatable bonds is 5. The average molecular weight is 408 g/mol. The maximum Gasteiger partial charge on any atom is 0.194 e. The van der Waals surface area contributed by atoms with Gasteiger partial charge in [0.05, 0.1) is 17.1 Å². The van der Waals surface area contributed by atoms with Crippen LogP contribution < -0.4 is 5.32 Å². The van der Waals surface area contributed by atoms with Crippen LogP contribution in [0.2, 0.25) is 0 Å². The zero-order chi connectivity index (χ0) is 20.9. The third-order valence-electron chi connectivity index (χ3n) is 5.63. The van der Waals surface area contributed by atoms with Gasteiger partial charge < -0.3 is 14.7 Å². The van der Waals surface area contributed by atoms with Crippen LogP contribution in [0.5, 0.6) is 0 Å². The van der Waals surface area contributed by atoms with Crippen molar-refractivity contribution in [1.82, 2.24) is 30.1 Å². The Balaban J connectivity index is 1.36. The third kappa shape index (κ3) is 4.38. The van der Waals surface area contributed by atoms with Crippen LogP contribution in [0.3, 0.4) is 0 Å². The van der Waals surface area contributed by atoms with Gasteiger partial charge in [0.25, 0.3) is 0 Å². The highest BCUT2D eigenvalue weighted by atomic mass is 16.5. The normalized spacial score (nSPS) is 15.6. The number of benzene rings is 1. The molecule has 30 heavy (non-hydrogen) atoms. The van der Waals surface area contributed by atoms with Crippen LogP contribution >= 0.6 is 0 Å². The summed E-state index contributed by atoms with van der Waals surface area (Å²) < 4.78 is 6.94. The van der Waals surface area contributed by atoms with Crippen LogP contribution in [0, 0.1) is 13.8 Å². The van der Waals surface area contributed by atoms with Crippen molar-refractivity contribution >= 4 is 5.96 Å². The molecule has 0 unspecified atom stereocenters. The van der Waals surface area contributed by atoms with Crippen LogP contribution in [0.4, 0.5) is 0 Å². The second-order valence-electron chi connectivity index (χ2n) is 7.55. The smallest absolute Gasteiger partial charge is 0.194 e. The van der Waals surface area contributed by atoms with Crippen molar-refractivity contribution < 1.29 is 4.52 Å².